The maximum Gasteiger partial charge on any atom is 0.312 e. The molecule has 4 fully saturated rings. The first-order chi connectivity index (χ1) is 12.2. The summed E-state index contributed by atoms with van der Waals surface area (Å²) < 4.78 is 6.04. The molecule has 4 aliphatic rings. The fourth-order valence-electron chi connectivity index (χ4n) is 6.84. The van der Waals surface area contributed by atoms with Crippen molar-refractivity contribution in [3.05, 3.63) is 35.9 Å². The lowest BCUT2D eigenvalue weighted by molar-refractivity contribution is -0.182. The van der Waals surface area contributed by atoms with Gasteiger partial charge in [0.15, 0.2) is 0 Å². The zero-order valence-corrected chi connectivity index (χ0v) is 14.7. The molecule has 0 aromatic heterocycles. The second-order valence-corrected chi connectivity index (χ2v) is 8.79. The Morgan fingerprint density at radius 1 is 0.960 bits per heavy atom. The molecule has 3 nitrogen and oxygen atoms in total. The molecular formula is C22H28O3. The van der Waals surface area contributed by atoms with Crippen LogP contribution in [0, 0.1) is 35.5 Å². The van der Waals surface area contributed by atoms with Crippen molar-refractivity contribution in [1.29, 1.82) is 0 Å². The highest BCUT2D eigenvalue weighted by atomic mass is 16.6. The SMILES string of the molecule is O=C1OC2C3CCCC4CCCC(C43)C2C(O)C1Cc1ccccc1. The van der Waals surface area contributed by atoms with Gasteiger partial charge in [-0.3, -0.25) is 4.79 Å². The van der Waals surface area contributed by atoms with E-state index in [0.717, 1.165) is 11.5 Å². The Morgan fingerprint density at radius 3 is 2.44 bits per heavy atom. The summed E-state index contributed by atoms with van der Waals surface area (Å²) in [6, 6.07) is 10.1. The molecule has 1 aromatic carbocycles. The Balaban J connectivity index is 1.44. The van der Waals surface area contributed by atoms with Crippen LogP contribution in [0.4, 0.5) is 0 Å². The minimum absolute atomic E-state index is 0.0228. The molecule has 8 atom stereocenters. The zero-order valence-electron chi connectivity index (χ0n) is 14.7. The summed E-state index contributed by atoms with van der Waals surface area (Å²) in [7, 11) is 0. The number of carbonyl (C=O) groups is 1. The van der Waals surface area contributed by atoms with Crippen LogP contribution in [-0.4, -0.2) is 23.3 Å². The third kappa shape index (κ3) is 2.46. The number of carbonyl (C=O) groups excluding carboxylic acids is 1. The van der Waals surface area contributed by atoms with Gasteiger partial charge in [-0.05, 0) is 48.5 Å². The van der Waals surface area contributed by atoms with Crippen LogP contribution < -0.4 is 0 Å². The number of aliphatic hydroxyl groups excluding tert-OH is 1. The predicted molar refractivity (Wildman–Crippen MR) is 94.7 cm³/mol. The monoisotopic (exact) mass is 340 g/mol. The lowest BCUT2D eigenvalue weighted by Gasteiger charge is -2.41. The molecule has 0 spiro atoms. The maximum atomic E-state index is 12.7. The maximum absolute atomic E-state index is 12.7. The van der Waals surface area contributed by atoms with Crippen LogP contribution in [0.1, 0.15) is 44.1 Å². The van der Waals surface area contributed by atoms with Crippen molar-refractivity contribution in [2.45, 2.75) is 57.2 Å². The summed E-state index contributed by atoms with van der Waals surface area (Å²) in [5.74, 6) is 2.17. The Hall–Kier alpha value is -1.35. The van der Waals surface area contributed by atoms with E-state index in [4.69, 9.17) is 4.74 Å². The van der Waals surface area contributed by atoms with E-state index >= 15 is 0 Å². The molecule has 134 valence electrons. The van der Waals surface area contributed by atoms with Crippen LogP contribution in [0.5, 0.6) is 0 Å². The summed E-state index contributed by atoms with van der Waals surface area (Å²) in [4.78, 5) is 12.7. The average molecular weight is 340 g/mol. The lowest BCUT2D eigenvalue weighted by Crippen LogP contribution is -2.50. The Bertz CT molecular complexity index is 640. The third-order valence-corrected chi connectivity index (χ3v) is 7.71. The van der Waals surface area contributed by atoms with Crippen LogP contribution in [0.15, 0.2) is 30.3 Å². The minimum Gasteiger partial charge on any atom is -0.461 e. The van der Waals surface area contributed by atoms with Crippen molar-refractivity contribution in [2.24, 2.45) is 35.5 Å². The van der Waals surface area contributed by atoms with Gasteiger partial charge in [-0.25, -0.2) is 0 Å². The van der Waals surface area contributed by atoms with Gasteiger partial charge in [-0.15, -0.1) is 0 Å². The highest BCUT2D eigenvalue weighted by Crippen LogP contribution is 2.60. The van der Waals surface area contributed by atoms with Crippen molar-refractivity contribution >= 4 is 5.97 Å². The number of benzene rings is 1. The number of ether oxygens (including phenoxy) is 1. The molecule has 1 aromatic rings. The first-order valence-corrected chi connectivity index (χ1v) is 10.2. The molecular weight excluding hydrogens is 312 g/mol. The van der Waals surface area contributed by atoms with Crippen molar-refractivity contribution in [2.75, 3.05) is 0 Å². The van der Waals surface area contributed by atoms with Gasteiger partial charge in [0.05, 0.1) is 12.0 Å². The van der Waals surface area contributed by atoms with Crippen molar-refractivity contribution in [3.8, 4) is 0 Å². The first-order valence-electron chi connectivity index (χ1n) is 10.2. The van der Waals surface area contributed by atoms with Gasteiger partial charge in [-0.2, -0.15) is 0 Å². The first kappa shape index (κ1) is 15.9. The van der Waals surface area contributed by atoms with Gasteiger partial charge < -0.3 is 9.84 Å². The molecule has 3 aliphatic carbocycles. The van der Waals surface area contributed by atoms with Gasteiger partial charge in [0.1, 0.15) is 6.10 Å². The van der Waals surface area contributed by atoms with E-state index in [0.29, 0.717) is 24.2 Å². The van der Waals surface area contributed by atoms with Gasteiger partial charge in [0.25, 0.3) is 0 Å². The van der Waals surface area contributed by atoms with E-state index in [1.807, 2.05) is 30.3 Å². The molecule has 1 N–H and O–H groups in total. The second-order valence-electron chi connectivity index (χ2n) is 8.79. The number of rotatable bonds is 2. The van der Waals surface area contributed by atoms with E-state index < -0.39 is 12.0 Å². The number of aliphatic hydroxyl groups is 1. The quantitative estimate of drug-likeness (QED) is 0.837. The van der Waals surface area contributed by atoms with Crippen LogP contribution in [0.3, 0.4) is 0 Å². The third-order valence-electron chi connectivity index (χ3n) is 7.71. The summed E-state index contributed by atoms with van der Waals surface area (Å²) in [6.07, 6.45) is 7.66. The van der Waals surface area contributed by atoms with Crippen LogP contribution in [0.25, 0.3) is 0 Å². The Morgan fingerprint density at radius 2 is 1.68 bits per heavy atom. The molecule has 1 heterocycles. The van der Waals surface area contributed by atoms with E-state index in [1.54, 1.807) is 0 Å². The van der Waals surface area contributed by atoms with Gasteiger partial charge in [-0.1, -0.05) is 56.0 Å². The molecule has 5 rings (SSSR count). The van der Waals surface area contributed by atoms with E-state index in [2.05, 4.69) is 0 Å². The fraction of sp³-hybridized carbons (Fsp3) is 0.682. The summed E-state index contributed by atoms with van der Waals surface area (Å²) in [6.45, 7) is 0. The van der Waals surface area contributed by atoms with Gasteiger partial charge in [0, 0.05) is 5.92 Å². The van der Waals surface area contributed by atoms with Crippen molar-refractivity contribution in [3.63, 3.8) is 0 Å². The summed E-state index contributed by atoms with van der Waals surface area (Å²) in [5, 5.41) is 11.2. The zero-order chi connectivity index (χ0) is 17.0. The van der Waals surface area contributed by atoms with Gasteiger partial charge in [0.2, 0.25) is 0 Å². The topological polar surface area (TPSA) is 46.5 Å². The number of fused-ring (bicyclic) bond motifs is 3. The summed E-state index contributed by atoms with van der Waals surface area (Å²) >= 11 is 0. The van der Waals surface area contributed by atoms with E-state index in [-0.39, 0.29) is 18.0 Å². The van der Waals surface area contributed by atoms with Crippen molar-refractivity contribution < 1.29 is 14.6 Å². The molecule has 25 heavy (non-hydrogen) atoms. The van der Waals surface area contributed by atoms with Crippen LogP contribution in [-0.2, 0) is 16.0 Å². The minimum atomic E-state index is -0.541. The largest absolute Gasteiger partial charge is 0.461 e. The van der Waals surface area contributed by atoms with Crippen LogP contribution in [0.2, 0.25) is 0 Å². The summed E-state index contributed by atoms with van der Waals surface area (Å²) in [5.41, 5.74) is 1.11. The predicted octanol–water partition coefficient (Wildman–Crippen LogP) is 3.59. The van der Waals surface area contributed by atoms with E-state index in [9.17, 15) is 9.90 Å². The molecule has 0 radical (unpaired) electrons. The molecule has 1 aliphatic heterocycles. The van der Waals surface area contributed by atoms with Crippen molar-refractivity contribution in [1.82, 2.24) is 0 Å². The highest BCUT2D eigenvalue weighted by molar-refractivity contribution is 5.75. The molecule has 0 amide bonds. The van der Waals surface area contributed by atoms with Gasteiger partial charge >= 0.3 is 5.97 Å². The molecule has 3 heteroatoms. The smallest absolute Gasteiger partial charge is 0.312 e. The average Bonchev–Trinajstić information content (AvgIpc) is 2.96. The Labute approximate surface area is 149 Å². The molecule has 8 unspecified atom stereocenters. The normalized spacial score (nSPS) is 45.4. The Kier molecular flexibility index (Phi) is 3.89. The number of hydrogen-bond acceptors (Lipinski definition) is 3. The second kappa shape index (κ2) is 6.12. The molecule has 3 saturated carbocycles. The molecule has 1 saturated heterocycles. The molecule has 0 bridgehead atoms. The fourth-order valence-corrected chi connectivity index (χ4v) is 6.84. The van der Waals surface area contributed by atoms with E-state index in [1.165, 1.54) is 38.5 Å². The number of esters is 1. The number of hydrogen-bond donors (Lipinski definition) is 1. The standard InChI is InChI=1S/C22H28O3/c23-20-17(12-13-6-2-1-3-7-13)22(24)25-21-16-11-5-9-14-8-4-10-15(18(14)16)19(20)21/h1-3,6-7,14-21,23H,4-5,8-12H2. The lowest BCUT2D eigenvalue weighted by atomic mass is 9.63. The highest BCUT2D eigenvalue weighted by Gasteiger charge is 2.61. The van der Waals surface area contributed by atoms with Crippen LogP contribution >= 0.6 is 0 Å².